The molecule has 0 aromatic carbocycles. The molecule has 1 aliphatic heterocycles. The smallest absolute Gasteiger partial charge is 0.162 e. The fourth-order valence-electron chi connectivity index (χ4n) is 6.00. The molecule has 2 nitrogen and oxygen atoms in total. The number of rotatable bonds is 4. The summed E-state index contributed by atoms with van der Waals surface area (Å²) in [6.07, 6.45) is 8.96. The monoisotopic (exact) mass is 343 g/mol. The van der Waals surface area contributed by atoms with Crippen molar-refractivity contribution in [1.29, 1.82) is 0 Å². The highest BCUT2D eigenvalue weighted by molar-refractivity contribution is 5.99. The maximum atomic E-state index is 12.7. The van der Waals surface area contributed by atoms with E-state index in [9.17, 15) is 4.79 Å². The van der Waals surface area contributed by atoms with E-state index in [4.69, 9.17) is 0 Å². The molecule has 1 fully saturated rings. The fraction of sp³-hybridized carbons (Fsp3) is 0.783. The van der Waals surface area contributed by atoms with E-state index in [1.807, 2.05) is 0 Å². The molecule has 0 saturated carbocycles. The van der Waals surface area contributed by atoms with Gasteiger partial charge in [0.05, 0.1) is 0 Å². The van der Waals surface area contributed by atoms with Crippen molar-refractivity contribution in [2.45, 2.75) is 86.1 Å². The topological polar surface area (TPSA) is 20.3 Å². The molecule has 140 valence electrons. The summed E-state index contributed by atoms with van der Waals surface area (Å²) in [6.45, 7) is 16.7. The normalized spacial score (nSPS) is 31.9. The van der Waals surface area contributed by atoms with E-state index in [1.54, 1.807) is 0 Å². The molecule has 2 heteroatoms. The number of carbonyl (C=O) groups is 1. The Morgan fingerprint density at radius 3 is 2.28 bits per heavy atom. The number of hydrogen-bond acceptors (Lipinski definition) is 2. The first kappa shape index (κ1) is 18.9. The third kappa shape index (κ3) is 2.95. The minimum atomic E-state index is 0.111. The van der Waals surface area contributed by atoms with Gasteiger partial charge < -0.3 is 0 Å². The van der Waals surface area contributed by atoms with Crippen LogP contribution in [0.5, 0.6) is 0 Å². The number of hydrogen-bond donors (Lipinski definition) is 0. The van der Waals surface area contributed by atoms with Gasteiger partial charge in [-0.2, -0.15) is 0 Å². The molecular formula is C23H37NO. The third-order valence-corrected chi connectivity index (χ3v) is 7.37. The maximum absolute atomic E-state index is 12.7. The van der Waals surface area contributed by atoms with Crippen LogP contribution in [0.4, 0.5) is 0 Å². The summed E-state index contributed by atoms with van der Waals surface area (Å²) in [4.78, 5) is 15.4. The number of nitrogens with zero attached hydrogens (tertiary/aromatic N) is 1. The fourth-order valence-corrected chi connectivity index (χ4v) is 6.00. The van der Waals surface area contributed by atoms with E-state index < -0.39 is 0 Å². The molecule has 1 saturated heterocycles. The second kappa shape index (κ2) is 6.68. The Morgan fingerprint density at radius 2 is 1.72 bits per heavy atom. The van der Waals surface area contributed by atoms with Crippen LogP contribution in [0.25, 0.3) is 0 Å². The average Bonchev–Trinajstić information content (AvgIpc) is 3.06. The molecule has 3 rings (SSSR count). The summed E-state index contributed by atoms with van der Waals surface area (Å²) in [5.74, 6) is 0.994. The minimum absolute atomic E-state index is 0.111. The first-order valence-corrected chi connectivity index (χ1v) is 10.5. The van der Waals surface area contributed by atoms with Crippen LogP contribution in [0.1, 0.15) is 80.1 Å². The average molecular weight is 344 g/mol. The predicted octanol–water partition coefficient (Wildman–Crippen LogP) is 5.54. The molecule has 2 unspecified atom stereocenters. The molecule has 0 radical (unpaired) electrons. The Hall–Kier alpha value is -0.890. The summed E-state index contributed by atoms with van der Waals surface area (Å²) in [5.41, 5.74) is 4.19. The molecule has 0 aromatic rings. The molecule has 0 amide bonds. The molecule has 0 N–H and O–H groups in total. The lowest BCUT2D eigenvalue weighted by atomic mass is 9.52. The zero-order chi connectivity index (χ0) is 18.4. The van der Waals surface area contributed by atoms with Crippen LogP contribution < -0.4 is 0 Å². The Labute approximate surface area is 154 Å². The van der Waals surface area contributed by atoms with E-state index in [1.165, 1.54) is 49.9 Å². The van der Waals surface area contributed by atoms with Gasteiger partial charge in [-0.3, -0.25) is 9.69 Å². The summed E-state index contributed by atoms with van der Waals surface area (Å²) in [6, 6.07) is 0.589. The van der Waals surface area contributed by atoms with Crippen LogP contribution in [0.15, 0.2) is 22.8 Å². The van der Waals surface area contributed by atoms with Gasteiger partial charge in [0.2, 0.25) is 0 Å². The third-order valence-electron chi connectivity index (χ3n) is 7.37. The number of likely N-dealkylation sites (tertiary alicyclic amines) is 1. The second-order valence-corrected chi connectivity index (χ2v) is 9.54. The lowest BCUT2D eigenvalue weighted by Gasteiger charge is -2.57. The van der Waals surface area contributed by atoms with E-state index >= 15 is 0 Å². The predicted molar refractivity (Wildman–Crippen MR) is 106 cm³/mol. The number of Topliss-reactive ketones (excluding diaryl/α,β-unsaturated/α-hetero) is 1. The van der Waals surface area contributed by atoms with Gasteiger partial charge in [0.1, 0.15) is 0 Å². The van der Waals surface area contributed by atoms with Crippen molar-refractivity contribution in [3.63, 3.8) is 0 Å². The molecule has 2 atom stereocenters. The first-order valence-electron chi connectivity index (χ1n) is 10.5. The van der Waals surface area contributed by atoms with Crippen molar-refractivity contribution >= 4 is 5.78 Å². The summed E-state index contributed by atoms with van der Waals surface area (Å²) < 4.78 is 0. The Morgan fingerprint density at radius 1 is 1.08 bits per heavy atom. The van der Waals surface area contributed by atoms with Gasteiger partial charge in [0.15, 0.2) is 5.78 Å². The maximum Gasteiger partial charge on any atom is 0.162 e. The molecule has 1 heterocycles. The van der Waals surface area contributed by atoms with Crippen molar-refractivity contribution in [3.8, 4) is 0 Å². The van der Waals surface area contributed by atoms with Crippen LogP contribution in [0, 0.1) is 16.7 Å². The van der Waals surface area contributed by atoms with Gasteiger partial charge in [-0.25, -0.2) is 0 Å². The van der Waals surface area contributed by atoms with Gasteiger partial charge in [-0.15, -0.1) is 0 Å². The Kier molecular flexibility index (Phi) is 5.05. The van der Waals surface area contributed by atoms with Crippen LogP contribution in [0.3, 0.4) is 0 Å². The molecular weight excluding hydrogens is 306 g/mol. The molecule has 2 aliphatic carbocycles. The van der Waals surface area contributed by atoms with Crippen molar-refractivity contribution in [1.82, 2.24) is 4.90 Å². The van der Waals surface area contributed by atoms with E-state index in [-0.39, 0.29) is 10.8 Å². The summed E-state index contributed by atoms with van der Waals surface area (Å²) >= 11 is 0. The Bertz CT molecular complexity index is 602. The van der Waals surface area contributed by atoms with Crippen molar-refractivity contribution < 1.29 is 4.79 Å². The van der Waals surface area contributed by atoms with Crippen molar-refractivity contribution in [3.05, 3.63) is 22.8 Å². The molecule has 0 aromatic heterocycles. The zero-order valence-corrected chi connectivity index (χ0v) is 17.2. The number of ketones is 1. The Balaban J connectivity index is 2.16. The zero-order valence-electron chi connectivity index (χ0n) is 17.2. The van der Waals surface area contributed by atoms with E-state index in [0.29, 0.717) is 24.2 Å². The first-order chi connectivity index (χ1) is 11.7. The van der Waals surface area contributed by atoms with Gasteiger partial charge in [0.25, 0.3) is 0 Å². The SMILES string of the molecule is CCCC1C(N2CCCC2)C(C)(C)C2=C(CC(=O)C(CC)=C2)C1(C)C. The second-order valence-electron chi connectivity index (χ2n) is 9.54. The van der Waals surface area contributed by atoms with Gasteiger partial charge in [0, 0.05) is 17.9 Å². The number of carbonyl (C=O) groups excluding carboxylic acids is 1. The lowest BCUT2D eigenvalue weighted by molar-refractivity contribution is -0.115. The van der Waals surface area contributed by atoms with E-state index in [2.05, 4.69) is 52.5 Å². The van der Waals surface area contributed by atoms with Crippen molar-refractivity contribution in [2.75, 3.05) is 13.1 Å². The standard InChI is InChI=1S/C23H37NO/c1-7-11-17-21(24-12-9-10-13-24)23(5,6)18-14-16(8-2)20(25)15-19(18)22(17,3)4/h14,17,21H,7-13,15H2,1-6H3. The summed E-state index contributed by atoms with van der Waals surface area (Å²) in [5, 5.41) is 0. The summed E-state index contributed by atoms with van der Waals surface area (Å²) in [7, 11) is 0. The van der Waals surface area contributed by atoms with Crippen molar-refractivity contribution in [2.24, 2.45) is 16.7 Å². The number of allylic oxidation sites excluding steroid dienone is 3. The van der Waals surface area contributed by atoms with Crippen LogP contribution in [-0.4, -0.2) is 29.8 Å². The van der Waals surface area contributed by atoms with Crippen LogP contribution >= 0.6 is 0 Å². The van der Waals surface area contributed by atoms with Gasteiger partial charge in [-0.05, 0) is 61.3 Å². The van der Waals surface area contributed by atoms with Gasteiger partial charge in [-0.1, -0.05) is 59.6 Å². The highest BCUT2D eigenvalue weighted by Gasteiger charge is 2.54. The highest BCUT2D eigenvalue weighted by atomic mass is 16.1. The minimum Gasteiger partial charge on any atom is -0.299 e. The molecule has 0 bridgehead atoms. The molecule has 3 aliphatic rings. The molecule has 25 heavy (non-hydrogen) atoms. The van der Waals surface area contributed by atoms with E-state index in [0.717, 1.165) is 12.0 Å². The quantitative estimate of drug-likeness (QED) is 0.668. The van der Waals surface area contributed by atoms with Gasteiger partial charge >= 0.3 is 0 Å². The van der Waals surface area contributed by atoms with Crippen LogP contribution in [0.2, 0.25) is 0 Å². The van der Waals surface area contributed by atoms with Crippen LogP contribution in [-0.2, 0) is 4.79 Å². The lowest BCUT2D eigenvalue weighted by Crippen LogP contribution is -2.57. The highest BCUT2D eigenvalue weighted by Crippen LogP contribution is 2.58. The molecule has 0 spiro atoms. The largest absolute Gasteiger partial charge is 0.299 e.